The van der Waals surface area contributed by atoms with Gasteiger partial charge in [0, 0.05) is 6.42 Å². The van der Waals surface area contributed by atoms with E-state index in [2.05, 4.69) is 19.1 Å². The van der Waals surface area contributed by atoms with Crippen LogP contribution in [-0.4, -0.2) is 6.29 Å². The molecule has 0 aliphatic heterocycles. The van der Waals surface area contributed by atoms with Crippen LogP contribution in [0.25, 0.3) is 0 Å². The Bertz CT molecular complexity index is 471. The minimum Gasteiger partial charge on any atom is -0.303 e. The molecular weight excluding hydrogens is 234 g/mol. The van der Waals surface area contributed by atoms with Crippen LogP contribution in [0.3, 0.4) is 0 Å². The van der Waals surface area contributed by atoms with Gasteiger partial charge in [0.1, 0.15) is 6.29 Å². The summed E-state index contributed by atoms with van der Waals surface area (Å²) in [7, 11) is 0. The van der Waals surface area contributed by atoms with Crippen molar-refractivity contribution in [3.05, 3.63) is 34.4 Å². The maximum Gasteiger partial charge on any atom is 0.120 e. The van der Waals surface area contributed by atoms with E-state index in [0.29, 0.717) is 12.3 Å². The van der Waals surface area contributed by atoms with E-state index in [1.54, 1.807) is 0 Å². The third kappa shape index (κ3) is 4.21. The summed E-state index contributed by atoms with van der Waals surface area (Å²) < 4.78 is 0. The first-order valence-electron chi connectivity index (χ1n) is 7.08. The Balaban J connectivity index is 2.98. The molecule has 19 heavy (non-hydrogen) atoms. The highest BCUT2D eigenvalue weighted by Gasteiger charge is 2.15. The van der Waals surface area contributed by atoms with Crippen molar-refractivity contribution in [2.75, 3.05) is 0 Å². The van der Waals surface area contributed by atoms with Gasteiger partial charge in [0.15, 0.2) is 0 Å². The maximum absolute atomic E-state index is 10.9. The van der Waals surface area contributed by atoms with Crippen molar-refractivity contribution in [1.29, 1.82) is 5.26 Å². The Morgan fingerprint density at radius 2 is 2.00 bits per heavy atom. The van der Waals surface area contributed by atoms with E-state index in [4.69, 9.17) is 5.26 Å². The van der Waals surface area contributed by atoms with Gasteiger partial charge in [-0.05, 0) is 48.9 Å². The fourth-order valence-electron chi connectivity index (χ4n) is 2.56. The van der Waals surface area contributed by atoms with E-state index < -0.39 is 0 Å². The lowest BCUT2D eigenvalue weighted by atomic mass is 9.86. The Labute approximate surface area is 116 Å². The van der Waals surface area contributed by atoms with Gasteiger partial charge in [0.25, 0.3) is 0 Å². The summed E-state index contributed by atoms with van der Waals surface area (Å²) in [6, 6.07) is 6.25. The van der Waals surface area contributed by atoms with Crippen molar-refractivity contribution in [3.8, 4) is 6.07 Å². The predicted octanol–water partition coefficient (Wildman–Crippen LogP) is 4.43. The molecule has 1 aromatic carbocycles. The van der Waals surface area contributed by atoms with Gasteiger partial charge >= 0.3 is 0 Å². The number of nitrogens with zero attached hydrogens (tertiary/aromatic N) is 1. The summed E-state index contributed by atoms with van der Waals surface area (Å²) in [4.78, 5) is 10.9. The van der Waals surface area contributed by atoms with E-state index in [0.717, 1.165) is 35.8 Å². The molecule has 2 heteroatoms. The standard InChI is InChI=1S/C17H23NO/c1-4-5-6-7-15(8-9-19)17-11-13(2)16(12-18)10-14(17)3/h9-11,15H,4-8H2,1-3H3/t15-/m1/s1. The Hall–Kier alpha value is -1.62. The van der Waals surface area contributed by atoms with Crippen molar-refractivity contribution in [1.82, 2.24) is 0 Å². The second-order valence-corrected chi connectivity index (χ2v) is 5.23. The van der Waals surface area contributed by atoms with Crippen LogP contribution in [0, 0.1) is 25.2 Å². The van der Waals surface area contributed by atoms with Crippen molar-refractivity contribution >= 4 is 6.29 Å². The van der Waals surface area contributed by atoms with Crippen molar-refractivity contribution in [3.63, 3.8) is 0 Å². The molecule has 0 saturated carbocycles. The first-order chi connectivity index (χ1) is 9.13. The third-order valence-corrected chi connectivity index (χ3v) is 3.71. The Morgan fingerprint density at radius 3 is 2.58 bits per heavy atom. The van der Waals surface area contributed by atoms with Crippen LogP contribution in [0.15, 0.2) is 12.1 Å². The molecule has 2 nitrogen and oxygen atoms in total. The summed E-state index contributed by atoms with van der Waals surface area (Å²) in [5.41, 5.74) is 4.11. The van der Waals surface area contributed by atoms with E-state index in [1.807, 2.05) is 19.9 Å². The first kappa shape index (κ1) is 15.4. The molecule has 0 spiro atoms. The highest BCUT2D eigenvalue weighted by molar-refractivity contribution is 5.53. The van der Waals surface area contributed by atoms with Crippen LogP contribution in [0.2, 0.25) is 0 Å². The highest BCUT2D eigenvalue weighted by atomic mass is 16.1. The lowest BCUT2D eigenvalue weighted by Crippen LogP contribution is -2.04. The number of hydrogen-bond donors (Lipinski definition) is 0. The average Bonchev–Trinajstić information content (AvgIpc) is 2.40. The number of benzene rings is 1. The minimum atomic E-state index is 0.301. The summed E-state index contributed by atoms with van der Waals surface area (Å²) in [5.74, 6) is 0.301. The van der Waals surface area contributed by atoms with Gasteiger partial charge in [-0.15, -0.1) is 0 Å². The summed E-state index contributed by atoms with van der Waals surface area (Å²) in [5, 5.41) is 9.04. The van der Waals surface area contributed by atoms with Crippen molar-refractivity contribution in [2.45, 2.75) is 58.8 Å². The molecule has 1 aromatic rings. The second-order valence-electron chi connectivity index (χ2n) is 5.23. The summed E-state index contributed by atoms with van der Waals surface area (Å²) in [6.07, 6.45) is 6.22. The van der Waals surface area contributed by atoms with Gasteiger partial charge in [-0.3, -0.25) is 0 Å². The molecule has 0 aromatic heterocycles. The van der Waals surface area contributed by atoms with Gasteiger partial charge in [-0.2, -0.15) is 5.26 Å². The lowest BCUT2D eigenvalue weighted by Gasteiger charge is -2.18. The van der Waals surface area contributed by atoms with E-state index in [9.17, 15) is 4.79 Å². The van der Waals surface area contributed by atoms with Gasteiger partial charge in [-0.1, -0.05) is 32.3 Å². The van der Waals surface area contributed by atoms with Crippen LogP contribution >= 0.6 is 0 Å². The number of aryl methyl sites for hydroxylation is 2. The number of hydrogen-bond acceptors (Lipinski definition) is 2. The molecule has 0 amide bonds. The minimum absolute atomic E-state index is 0.301. The molecule has 0 heterocycles. The number of aldehydes is 1. The second kappa shape index (κ2) is 7.74. The number of unbranched alkanes of at least 4 members (excludes halogenated alkanes) is 2. The molecule has 1 atom stereocenters. The highest BCUT2D eigenvalue weighted by Crippen LogP contribution is 2.29. The SMILES string of the molecule is CCCCC[C@H](CC=O)c1cc(C)c(C#N)cc1C. The van der Waals surface area contributed by atoms with Gasteiger partial charge in [0.2, 0.25) is 0 Å². The monoisotopic (exact) mass is 257 g/mol. The molecule has 102 valence electrons. The maximum atomic E-state index is 10.9. The molecule has 0 radical (unpaired) electrons. The summed E-state index contributed by atoms with van der Waals surface area (Å²) >= 11 is 0. The van der Waals surface area contributed by atoms with E-state index in [1.165, 1.54) is 18.4 Å². The first-order valence-corrected chi connectivity index (χ1v) is 7.08. The Kier molecular flexibility index (Phi) is 6.29. The van der Waals surface area contributed by atoms with Crippen LogP contribution in [-0.2, 0) is 4.79 Å². The van der Waals surface area contributed by atoms with Gasteiger partial charge < -0.3 is 4.79 Å². The zero-order chi connectivity index (χ0) is 14.3. The number of rotatable bonds is 7. The number of carbonyl (C=O) groups excluding carboxylic acids is 1. The lowest BCUT2D eigenvalue weighted by molar-refractivity contribution is -0.108. The molecule has 0 saturated heterocycles. The molecule has 0 aliphatic rings. The smallest absolute Gasteiger partial charge is 0.120 e. The summed E-state index contributed by atoms with van der Waals surface area (Å²) in [6.45, 7) is 6.19. The fraction of sp³-hybridized carbons (Fsp3) is 0.529. The molecular formula is C17H23NO. The Morgan fingerprint density at radius 1 is 1.26 bits per heavy atom. The molecule has 1 rings (SSSR count). The van der Waals surface area contributed by atoms with Crippen LogP contribution in [0.5, 0.6) is 0 Å². The number of carbonyl (C=O) groups is 1. The fourth-order valence-corrected chi connectivity index (χ4v) is 2.56. The van der Waals surface area contributed by atoms with Crippen molar-refractivity contribution < 1.29 is 4.79 Å². The molecule has 0 unspecified atom stereocenters. The average molecular weight is 257 g/mol. The molecule has 0 aliphatic carbocycles. The number of nitriles is 1. The quantitative estimate of drug-likeness (QED) is 0.535. The molecule has 0 fully saturated rings. The van der Waals surface area contributed by atoms with E-state index in [-0.39, 0.29) is 0 Å². The van der Waals surface area contributed by atoms with Crippen molar-refractivity contribution in [2.24, 2.45) is 0 Å². The van der Waals surface area contributed by atoms with Crippen LogP contribution in [0.4, 0.5) is 0 Å². The third-order valence-electron chi connectivity index (χ3n) is 3.71. The predicted molar refractivity (Wildman–Crippen MR) is 78.2 cm³/mol. The van der Waals surface area contributed by atoms with Crippen LogP contribution in [0.1, 0.15) is 67.2 Å². The molecule has 0 N–H and O–H groups in total. The zero-order valence-corrected chi connectivity index (χ0v) is 12.2. The molecule has 0 bridgehead atoms. The van der Waals surface area contributed by atoms with E-state index >= 15 is 0 Å². The topological polar surface area (TPSA) is 40.9 Å². The van der Waals surface area contributed by atoms with Gasteiger partial charge in [-0.25, -0.2) is 0 Å². The largest absolute Gasteiger partial charge is 0.303 e. The van der Waals surface area contributed by atoms with Gasteiger partial charge in [0.05, 0.1) is 11.6 Å². The zero-order valence-electron chi connectivity index (χ0n) is 12.2. The van der Waals surface area contributed by atoms with Crippen LogP contribution < -0.4 is 0 Å². The normalized spacial score (nSPS) is 11.9.